The Morgan fingerprint density at radius 2 is 0.923 bits per heavy atom. The van der Waals surface area contributed by atoms with E-state index in [2.05, 4.69) is 0 Å². The van der Waals surface area contributed by atoms with Crippen LogP contribution < -0.4 is 20.3 Å². The molecule has 23 heteroatoms. The molecule has 0 radical (unpaired) electrons. The molecule has 13 N–H and O–H groups in total. The molecule has 6 aromatic rings. The summed E-state index contributed by atoms with van der Waals surface area (Å²) in [4.78, 5) is 47.6. The third-order valence-electron chi connectivity index (χ3n) is 10.1. The number of carbonyl (C=O) groups is 2. The first-order valence-electron chi connectivity index (χ1n) is 18.8. The molecule has 0 aliphatic carbocycles. The molecule has 0 saturated carbocycles. The minimum Gasteiger partial charge on any atom is -0.508 e. The molecule has 10 atom stereocenters. The monoisotopic (exact) mass is 908 g/mol. The van der Waals surface area contributed by atoms with Crippen LogP contribution in [-0.2, 0) is 19.1 Å². The van der Waals surface area contributed by atoms with E-state index in [0.717, 1.165) is 24.3 Å². The van der Waals surface area contributed by atoms with E-state index < -0.39 is 107 Å². The van der Waals surface area contributed by atoms with Crippen molar-refractivity contribution in [2.24, 2.45) is 0 Å². The number of hydrogen-bond acceptors (Lipinski definition) is 21. The molecule has 2 fully saturated rings. The maximum Gasteiger partial charge on any atom is 0.335 e. The minimum absolute atomic E-state index is 0.0156. The highest BCUT2D eigenvalue weighted by molar-refractivity contribution is 5.89. The summed E-state index contributed by atoms with van der Waals surface area (Å²) >= 11 is 0. The summed E-state index contributed by atoms with van der Waals surface area (Å²) in [5, 5.41) is 127. The van der Waals surface area contributed by atoms with E-state index in [4.69, 9.17) is 38.0 Å². The Morgan fingerprint density at radius 1 is 0.492 bits per heavy atom. The van der Waals surface area contributed by atoms with Crippen molar-refractivity contribution >= 4 is 33.9 Å². The Balaban J connectivity index is 0.000000194. The fraction of sp³-hybridized carbons (Fsp3) is 0.238. The van der Waals surface area contributed by atoms with Crippen LogP contribution >= 0.6 is 0 Å². The average Bonchev–Trinajstić information content (AvgIpc) is 3.25. The van der Waals surface area contributed by atoms with Crippen molar-refractivity contribution in [2.75, 3.05) is 0 Å². The number of fused-ring (bicyclic) bond motifs is 2. The summed E-state index contributed by atoms with van der Waals surface area (Å²) < 4.78 is 32.0. The van der Waals surface area contributed by atoms with Crippen molar-refractivity contribution in [2.45, 2.75) is 61.4 Å². The standard InChI is InChI=1S/C21H18O12.C21H18O11/c22-8-3-1-7(2-4-8)10-5-9(23)13-11(31-10)6-12(14(24)15(13)25)32-21-18(28)16(26)17(27)19(33-21)20(29)30;22-9-3-1-8(2-4-9)13-7-12(24)15-11(23)5-10(6-14(15)31-13)30-21-18(27)16(25)17(26)19(32-21)20(28)29/h1-6,16-19,21-22,24-28H,(H,29,30);1-7,16-19,21-23,25-27H,(H,28,29). The molecule has 65 heavy (non-hydrogen) atoms. The van der Waals surface area contributed by atoms with Gasteiger partial charge in [0.1, 0.15) is 93.1 Å². The van der Waals surface area contributed by atoms with E-state index in [1.54, 1.807) is 0 Å². The van der Waals surface area contributed by atoms with Gasteiger partial charge in [-0.1, -0.05) is 0 Å². The SMILES string of the molecule is O=C(O)C1OC(Oc2cc(O)c3c(=O)cc(-c4ccc(O)cc4)oc3c2)C(O)C(O)C1O.O=C(O)C1OC(Oc2cc3oc(-c4ccc(O)cc4)cc(=O)c3c(O)c2O)C(O)C(O)C1O. The van der Waals surface area contributed by atoms with Crippen LogP contribution in [0.5, 0.6) is 40.2 Å². The lowest BCUT2D eigenvalue weighted by atomic mass is 9.99. The Morgan fingerprint density at radius 3 is 1.38 bits per heavy atom. The first kappa shape index (κ1) is 45.5. The number of aliphatic hydroxyl groups is 6. The molecule has 2 aromatic heterocycles. The molecule has 0 bridgehead atoms. The third-order valence-corrected chi connectivity index (χ3v) is 10.1. The summed E-state index contributed by atoms with van der Waals surface area (Å²) in [6, 6.07) is 17.0. The summed E-state index contributed by atoms with van der Waals surface area (Å²) in [6.07, 6.45) is -18.8. The van der Waals surface area contributed by atoms with Crippen LogP contribution in [0.15, 0.2) is 97.3 Å². The van der Waals surface area contributed by atoms with E-state index in [1.807, 2.05) is 0 Å². The number of ether oxygens (including phenoxy) is 4. The van der Waals surface area contributed by atoms with E-state index in [0.29, 0.717) is 11.1 Å². The molecule has 10 unspecified atom stereocenters. The van der Waals surface area contributed by atoms with Crippen LogP contribution in [0.1, 0.15) is 0 Å². The number of aliphatic carboxylic acids is 2. The van der Waals surface area contributed by atoms with Crippen LogP contribution in [-0.4, -0.2) is 140 Å². The van der Waals surface area contributed by atoms with Gasteiger partial charge in [0.2, 0.25) is 18.3 Å². The lowest BCUT2D eigenvalue weighted by Gasteiger charge is -2.38. The van der Waals surface area contributed by atoms with Crippen molar-refractivity contribution < 1.29 is 104 Å². The highest BCUT2D eigenvalue weighted by Crippen LogP contribution is 2.43. The molecular formula is C42H36O23. The van der Waals surface area contributed by atoms with E-state index in [1.165, 1.54) is 54.6 Å². The van der Waals surface area contributed by atoms with Gasteiger partial charge >= 0.3 is 11.9 Å². The van der Waals surface area contributed by atoms with Gasteiger partial charge in [0.25, 0.3) is 0 Å². The second-order valence-corrected chi connectivity index (χ2v) is 14.5. The normalized spacial score (nSPS) is 25.3. The Bertz CT molecular complexity index is 2870. The fourth-order valence-electron chi connectivity index (χ4n) is 6.76. The molecule has 8 rings (SSSR count). The van der Waals surface area contributed by atoms with E-state index in [9.17, 15) is 75.3 Å². The van der Waals surface area contributed by atoms with Gasteiger partial charge in [-0.2, -0.15) is 0 Å². The predicted octanol–water partition coefficient (Wildman–Crippen LogP) is -0.0100. The van der Waals surface area contributed by atoms with Crippen LogP contribution in [0.2, 0.25) is 0 Å². The molecule has 0 amide bonds. The van der Waals surface area contributed by atoms with Crippen LogP contribution in [0.25, 0.3) is 44.6 Å². The zero-order chi connectivity index (χ0) is 47.2. The maximum absolute atomic E-state index is 12.6. The van der Waals surface area contributed by atoms with Crippen LogP contribution in [0.3, 0.4) is 0 Å². The lowest BCUT2D eigenvalue weighted by Crippen LogP contribution is -2.61. The molecule has 0 spiro atoms. The zero-order valence-corrected chi connectivity index (χ0v) is 32.7. The van der Waals surface area contributed by atoms with Gasteiger partial charge in [-0.05, 0) is 48.5 Å². The molecule has 342 valence electrons. The summed E-state index contributed by atoms with van der Waals surface area (Å²) in [5.74, 6) is -6.12. The van der Waals surface area contributed by atoms with Gasteiger partial charge in [-0.25, -0.2) is 9.59 Å². The second-order valence-electron chi connectivity index (χ2n) is 14.5. The van der Waals surface area contributed by atoms with Crippen molar-refractivity contribution in [1.82, 2.24) is 0 Å². The molecule has 4 heterocycles. The number of phenolic OH excluding ortho intramolecular Hbond substituents is 5. The third kappa shape index (κ3) is 9.01. The first-order valence-corrected chi connectivity index (χ1v) is 18.8. The van der Waals surface area contributed by atoms with Crippen molar-refractivity contribution in [3.63, 3.8) is 0 Å². The zero-order valence-electron chi connectivity index (χ0n) is 32.7. The van der Waals surface area contributed by atoms with Gasteiger partial charge in [-0.15, -0.1) is 0 Å². The predicted molar refractivity (Wildman–Crippen MR) is 214 cm³/mol. The number of rotatable bonds is 8. The molecule has 2 aliphatic rings. The number of hydrogen-bond donors (Lipinski definition) is 13. The minimum atomic E-state index is -1.96. The van der Waals surface area contributed by atoms with Gasteiger partial charge in [0.05, 0.1) is 0 Å². The Hall–Kier alpha value is -7.48. The highest BCUT2D eigenvalue weighted by Gasteiger charge is 2.49. The van der Waals surface area contributed by atoms with Crippen molar-refractivity contribution in [1.29, 1.82) is 0 Å². The fourth-order valence-corrected chi connectivity index (χ4v) is 6.76. The lowest BCUT2D eigenvalue weighted by molar-refractivity contribution is -0.271. The largest absolute Gasteiger partial charge is 0.508 e. The number of aliphatic hydroxyl groups excluding tert-OH is 6. The average molecular weight is 909 g/mol. The van der Waals surface area contributed by atoms with E-state index in [-0.39, 0.29) is 50.7 Å². The molecule has 4 aromatic carbocycles. The first-order chi connectivity index (χ1) is 30.7. The number of phenols is 5. The van der Waals surface area contributed by atoms with Crippen molar-refractivity contribution in [3.8, 4) is 62.9 Å². The quantitative estimate of drug-likeness (QED) is 0.0893. The van der Waals surface area contributed by atoms with Crippen LogP contribution in [0.4, 0.5) is 0 Å². The Kier molecular flexibility index (Phi) is 12.6. The number of aromatic hydroxyl groups is 5. The Labute approximate surface area is 360 Å². The molecular weight excluding hydrogens is 872 g/mol. The molecule has 2 aliphatic heterocycles. The second kappa shape index (κ2) is 17.9. The van der Waals surface area contributed by atoms with Gasteiger partial charge in [-0.3, -0.25) is 9.59 Å². The number of benzene rings is 4. The summed E-state index contributed by atoms with van der Waals surface area (Å²) in [6.45, 7) is 0. The van der Waals surface area contributed by atoms with E-state index >= 15 is 0 Å². The molecule has 23 nitrogen and oxygen atoms in total. The topological polar surface area (TPSA) is 394 Å². The van der Waals surface area contributed by atoms with Gasteiger partial charge in [0.15, 0.2) is 34.6 Å². The highest BCUT2D eigenvalue weighted by atomic mass is 16.7. The van der Waals surface area contributed by atoms with Gasteiger partial charge in [0, 0.05) is 41.5 Å². The maximum atomic E-state index is 12.6. The number of carboxylic acids is 2. The smallest absolute Gasteiger partial charge is 0.335 e. The van der Waals surface area contributed by atoms with Crippen molar-refractivity contribution in [3.05, 3.63) is 99.3 Å². The number of carboxylic acid groups (broad SMARTS) is 2. The summed E-state index contributed by atoms with van der Waals surface area (Å²) in [5.41, 5.74) is -0.712. The van der Waals surface area contributed by atoms with Crippen LogP contribution in [0, 0.1) is 0 Å². The molecule has 2 saturated heterocycles. The van der Waals surface area contributed by atoms with Gasteiger partial charge < -0.3 is 94.2 Å². The summed E-state index contributed by atoms with van der Waals surface area (Å²) in [7, 11) is 0.